The number of nitro groups is 1. The van der Waals surface area contributed by atoms with E-state index in [0.29, 0.717) is 30.5 Å². The van der Waals surface area contributed by atoms with Gasteiger partial charge in [0.2, 0.25) is 5.89 Å². The SMILES string of the molecule is Cc1noc(C2CCCN(c3ccc(S(C)(=O)=O)cc3[N+](=O)[O-])C2)n1. The average molecular weight is 366 g/mol. The van der Waals surface area contributed by atoms with Gasteiger partial charge in [-0.15, -0.1) is 0 Å². The molecule has 1 aliphatic rings. The van der Waals surface area contributed by atoms with Crippen LogP contribution in [-0.4, -0.2) is 42.8 Å². The van der Waals surface area contributed by atoms with Crippen LogP contribution < -0.4 is 4.90 Å². The predicted molar refractivity (Wildman–Crippen MR) is 89.4 cm³/mol. The van der Waals surface area contributed by atoms with Crippen LogP contribution in [0.4, 0.5) is 11.4 Å². The Morgan fingerprint density at radius 1 is 1.40 bits per heavy atom. The summed E-state index contributed by atoms with van der Waals surface area (Å²) in [5.74, 6) is 1.07. The molecule has 1 saturated heterocycles. The van der Waals surface area contributed by atoms with Gasteiger partial charge in [-0.05, 0) is 31.9 Å². The molecule has 0 radical (unpaired) electrons. The lowest BCUT2D eigenvalue weighted by atomic mass is 9.97. The molecule has 10 heteroatoms. The summed E-state index contributed by atoms with van der Waals surface area (Å²) in [7, 11) is -3.51. The fourth-order valence-corrected chi connectivity index (χ4v) is 3.66. The molecule has 134 valence electrons. The molecule has 0 saturated carbocycles. The second-order valence-electron chi connectivity index (χ2n) is 6.14. The molecule has 1 fully saturated rings. The van der Waals surface area contributed by atoms with E-state index < -0.39 is 14.8 Å². The van der Waals surface area contributed by atoms with Gasteiger partial charge >= 0.3 is 0 Å². The van der Waals surface area contributed by atoms with Crippen molar-refractivity contribution in [2.24, 2.45) is 0 Å². The van der Waals surface area contributed by atoms with Gasteiger partial charge in [-0.3, -0.25) is 10.1 Å². The van der Waals surface area contributed by atoms with Gasteiger partial charge in [-0.25, -0.2) is 8.42 Å². The summed E-state index contributed by atoms with van der Waals surface area (Å²) in [5, 5.41) is 15.2. The fraction of sp³-hybridized carbons (Fsp3) is 0.467. The van der Waals surface area contributed by atoms with Crippen molar-refractivity contribution in [1.29, 1.82) is 0 Å². The maximum atomic E-state index is 11.7. The van der Waals surface area contributed by atoms with Gasteiger partial charge in [0.15, 0.2) is 15.7 Å². The number of aryl methyl sites for hydroxylation is 1. The van der Waals surface area contributed by atoms with Gasteiger partial charge in [0, 0.05) is 25.4 Å². The van der Waals surface area contributed by atoms with Crippen LogP contribution >= 0.6 is 0 Å². The molecule has 0 bridgehead atoms. The Hall–Kier alpha value is -2.49. The van der Waals surface area contributed by atoms with Crippen molar-refractivity contribution in [2.75, 3.05) is 24.2 Å². The topological polar surface area (TPSA) is 119 Å². The maximum Gasteiger partial charge on any atom is 0.293 e. The zero-order valence-electron chi connectivity index (χ0n) is 13.9. The van der Waals surface area contributed by atoms with Crippen LogP contribution in [0.2, 0.25) is 0 Å². The normalized spacial score (nSPS) is 18.3. The minimum Gasteiger partial charge on any atom is -0.365 e. The van der Waals surface area contributed by atoms with E-state index in [1.165, 1.54) is 12.1 Å². The monoisotopic (exact) mass is 366 g/mol. The van der Waals surface area contributed by atoms with Crippen LogP contribution in [0.3, 0.4) is 0 Å². The van der Waals surface area contributed by atoms with Crippen molar-refractivity contribution >= 4 is 21.2 Å². The van der Waals surface area contributed by atoms with E-state index in [4.69, 9.17) is 4.52 Å². The van der Waals surface area contributed by atoms with Crippen LogP contribution in [-0.2, 0) is 9.84 Å². The maximum absolute atomic E-state index is 11.7. The first-order valence-electron chi connectivity index (χ1n) is 7.79. The molecule has 0 aliphatic carbocycles. The van der Waals surface area contributed by atoms with E-state index in [-0.39, 0.29) is 16.5 Å². The van der Waals surface area contributed by atoms with Gasteiger partial charge in [0.1, 0.15) is 5.69 Å². The molecule has 1 aromatic carbocycles. The number of aromatic nitrogens is 2. The molecule has 9 nitrogen and oxygen atoms in total. The highest BCUT2D eigenvalue weighted by Gasteiger charge is 2.30. The summed E-state index contributed by atoms with van der Waals surface area (Å²) in [6, 6.07) is 4.01. The van der Waals surface area contributed by atoms with E-state index in [9.17, 15) is 18.5 Å². The molecule has 2 heterocycles. The minimum absolute atomic E-state index is 0.0101. The average Bonchev–Trinajstić information content (AvgIpc) is 3.00. The highest BCUT2D eigenvalue weighted by atomic mass is 32.2. The van der Waals surface area contributed by atoms with Crippen LogP contribution in [0.5, 0.6) is 0 Å². The highest BCUT2D eigenvalue weighted by Crippen LogP contribution is 2.35. The lowest BCUT2D eigenvalue weighted by Crippen LogP contribution is -2.35. The number of hydrogen-bond donors (Lipinski definition) is 0. The Morgan fingerprint density at radius 3 is 2.76 bits per heavy atom. The van der Waals surface area contributed by atoms with Gasteiger partial charge < -0.3 is 9.42 Å². The van der Waals surface area contributed by atoms with Crippen LogP contribution in [0.15, 0.2) is 27.6 Å². The molecule has 0 spiro atoms. The number of piperidine rings is 1. The van der Waals surface area contributed by atoms with Crippen molar-refractivity contribution in [3.8, 4) is 0 Å². The van der Waals surface area contributed by atoms with E-state index in [1.807, 2.05) is 4.90 Å². The Bertz CT molecular complexity index is 908. The summed E-state index contributed by atoms with van der Waals surface area (Å²) < 4.78 is 28.6. The van der Waals surface area contributed by atoms with E-state index in [2.05, 4.69) is 10.1 Å². The van der Waals surface area contributed by atoms with Crippen LogP contribution in [0, 0.1) is 17.0 Å². The zero-order valence-corrected chi connectivity index (χ0v) is 14.7. The molecule has 1 atom stereocenters. The Kier molecular flexibility index (Phi) is 4.46. The third kappa shape index (κ3) is 3.63. The smallest absolute Gasteiger partial charge is 0.293 e. The van der Waals surface area contributed by atoms with Crippen molar-refractivity contribution < 1.29 is 17.9 Å². The van der Waals surface area contributed by atoms with Crippen molar-refractivity contribution in [3.63, 3.8) is 0 Å². The van der Waals surface area contributed by atoms with Crippen LogP contribution in [0.1, 0.15) is 30.5 Å². The number of nitro benzene ring substituents is 1. The number of hydrogen-bond acceptors (Lipinski definition) is 8. The largest absolute Gasteiger partial charge is 0.365 e. The van der Waals surface area contributed by atoms with Gasteiger partial charge in [-0.2, -0.15) is 4.98 Å². The summed E-state index contributed by atoms with van der Waals surface area (Å²) in [6.07, 6.45) is 2.70. The van der Waals surface area contributed by atoms with Gasteiger partial charge in [0.25, 0.3) is 5.69 Å². The molecule has 1 aliphatic heterocycles. The fourth-order valence-electron chi connectivity index (χ4n) is 3.02. The number of sulfone groups is 1. The second-order valence-corrected chi connectivity index (χ2v) is 8.16. The Morgan fingerprint density at radius 2 is 2.16 bits per heavy atom. The Labute approximate surface area is 144 Å². The molecular weight excluding hydrogens is 348 g/mol. The third-order valence-corrected chi connectivity index (χ3v) is 5.34. The first-order chi connectivity index (χ1) is 11.8. The summed E-state index contributed by atoms with van der Waals surface area (Å²) in [5.41, 5.74) is 0.184. The number of nitrogens with zero attached hydrogens (tertiary/aromatic N) is 4. The molecule has 1 aromatic heterocycles. The molecule has 0 amide bonds. The molecule has 1 unspecified atom stereocenters. The lowest BCUT2D eigenvalue weighted by Gasteiger charge is -2.32. The first-order valence-corrected chi connectivity index (χ1v) is 9.68. The number of benzene rings is 1. The van der Waals surface area contributed by atoms with Crippen molar-refractivity contribution in [3.05, 3.63) is 40.0 Å². The number of anilines is 1. The van der Waals surface area contributed by atoms with Crippen LogP contribution in [0.25, 0.3) is 0 Å². The van der Waals surface area contributed by atoms with E-state index in [0.717, 1.165) is 25.2 Å². The molecule has 25 heavy (non-hydrogen) atoms. The van der Waals surface area contributed by atoms with Gasteiger partial charge in [0.05, 0.1) is 15.7 Å². The predicted octanol–water partition coefficient (Wildman–Crippen LogP) is 2.07. The summed E-state index contributed by atoms with van der Waals surface area (Å²) in [4.78, 5) is 16.9. The third-order valence-electron chi connectivity index (χ3n) is 4.23. The lowest BCUT2D eigenvalue weighted by molar-refractivity contribution is -0.384. The minimum atomic E-state index is -3.51. The number of rotatable bonds is 4. The molecular formula is C15H18N4O5S. The molecule has 0 N–H and O–H groups in total. The zero-order chi connectivity index (χ0) is 18.2. The standard InChI is InChI=1S/C15H18N4O5S/c1-10-16-15(24-17-10)11-4-3-7-18(9-11)13-6-5-12(25(2,22)23)8-14(13)19(20)21/h5-6,8,11H,3-4,7,9H2,1-2H3. The van der Waals surface area contributed by atoms with Crippen molar-refractivity contribution in [1.82, 2.24) is 10.1 Å². The summed E-state index contributed by atoms with van der Waals surface area (Å²) >= 11 is 0. The first kappa shape index (κ1) is 17.3. The van der Waals surface area contributed by atoms with E-state index >= 15 is 0 Å². The van der Waals surface area contributed by atoms with Gasteiger partial charge in [-0.1, -0.05) is 5.16 Å². The molecule has 2 aromatic rings. The van der Waals surface area contributed by atoms with E-state index in [1.54, 1.807) is 6.92 Å². The summed E-state index contributed by atoms with van der Waals surface area (Å²) in [6.45, 7) is 2.88. The highest BCUT2D eigenvalue weighted by molar-refractivity contribution is 7.90. The second kappa shape index (κ2) is 6.43. The van der Waals surface area contributed by atoms with Crippen molar-refractivity contribution in [2.45, 2.75) is 30.6 Å². The quantitative estimate of drug-likeness (QED) is 0.596. The Balaban J connectivity index is 1.93. The molecule has 3 rings (SSSR count).